The van der Waals surface area contributed by atoms with Crippen LogP contribution in [0.25, 0.3) is 5.69 Å². The van der Waals surface area contributed by atoms with Crippen LogP contribution in [0.1, 0.15) is 69.1 Å². The maximum atomic E-state index is 12.3. The van der Waals surface area contributed by atoms with Crippen LogP contribution in [0.5, 0.6) is 0 Å². The normalized spacial score (nSPS) is 15.5. The van der Waals surface area contributed by atoms with Crippen LogP contribution in [0, 0.1) is 0 Å². The number of rotatable bonds is 8. The summed E-state index contributed by atoms with van der Waals surface area (Å²) in [5.74, 6) is 0.723. The molecule has 2 amide bonds. The Bertz CT molecular complexity index is 1070. The highest BCUT2D eigenvalue weighted by atomic mass is 16.5. The fraction of sp³-hybridized carbons (Fsp3) is 0.458. The summed E-state index contributed by atoms with van der Waals surface area (Å²) in [6.07, 6.45) is 10.1. The number of hydrogen-bond acceptors (Lipinski definition) is 6. The smallest absolute Gasteiger partial charge is 0.227 e. The maximum Gasteiger partial charge on any atom is 0.227 e. The van der Waals surface area contributed by atoms with E-state index in [1.807, 2.05) is 36.5 Å². The lowest BCUT2D eigenvalue weighted by molar-refractivity contribution is -0.122. The third kappa shape index (κ3) is 5.85. The number of nitrogens with one attached hydrogen (secondary N) is 2. The summed E-state index contributed by atoms with van der Waals surface area (Å²) < 4.78 is 7.20. The Kier molecular flexibility index (Phi) is 7.16. The van der Waals surface area contributed by atoms with Crippen molar-refractivity contribution in [3.63, 3.8) is 0 Å². The number of aromatic nitrogens is 4. The monoisotopic (exact) mass is 450 g/mol. The predicted octanol–water partition coefficient (Wildman–Crippen LogP) is 3.19. The molecule has 0 saturated heterocycles. The molecule has 1 aliphatic rings. The maximum absolute atomic E-state index is 12.3. The van der Waals surface area contributed by atoms with E-state index in [4.69, 9.17) is 4.52 Å². The van der Waals surface area contributed by atoms with E-state index >= 15 is 0 Å². The fourth-order valence-electron chi connectivity index (χ4n) is 4.31. The van der Waals surface area contributed by atoms with Crippen LogP contribution in [0.15, 0.2) is 47.2 Å². The van der Waals surface area contributed by atoms with Gasteiger partial charge >= 0.3 is 0 Å². The van der Waals surface area contributed by atoms with E-state index in [-0.39, 0.29) is 18.2 Å². The molecule has 9 nitrogen and oxygen atoms in total. The summed E-state index contributed by atoms with van der Waals surface area (Å²) in [7, 11) is 0. The summed E-state index contributed by atoms with van der Waals surface area (Å²) in [6.45, 7) is 1.91. The van der Waals surface area contributed by atoms with Crippen LogP contribution in [-0.4, -0.2) is 31.7 Å². The van der Waals surface area contributed by atoms with Gasteiger partial charge < -0.3 is 15.2 Å². The average Bonchev–Trinajstić information content (AvgIpc) is 3.43. The van der Waals surface area contributed by atoms with Gasteiger partial charge in [0.25, 0.3) is 0 Å². The first-order chi connectivity index (χ1) is 16.0. The van der Waals surface area contributed by atoms with Gasteiger partial charge in [0.1, 0.15) is 5.54 Å². The molecule has 33 heavy (non-hydrogen) atoms. The van der Waals surface area contributed by atoms with Crippen molar-refractivity contribution in [2.24, 2.45) is 0 Å². The van der Waals surface area contributed by atoms with Crippen molar-refractivity contribution in [1.82, 2.24) is 30.6 Å². The van der Waals surface area contributed by atoms with Crippen molar-refractivity contribution in [2.45, 2.75) is 70.4 Å². The number of nitrogens with zero attached hydrogens (tertiary/aromatic N) is 4. The van der Waals surface area contributed by atoms with Crippen LogP contribution < -0.4 is 10.6 Å². The van der Waals surface area contributed by atoms with E-state index in [2.05, 4.69) is 25.9 Å². The number of carbonyl (C=O) groups is 2. The fourth-order valence-corrected chi connectivity index (χ4v) is 4.31. The number of benzene rings is 1. The standard InChI is InChI=1S/C24H30N6O3/c1-18(31)28-24(13-7-2-3-8-14-24)23-27-22(33-29-23)12-11-21(32)25-15-19-16-26-30(17-19)20-9-5-4-6-10-20/h4-6,9-10,16-17H,2-3,7-8,11-15H2,1H3,(H,25,32)(H,28,31). The number of aryl methyl sites for hydroxylation is 1. The Morgan fingerprint density at radius 2 is 1.88 bits per heavy atom. The molecule has 2 N–H and O–H groups in total. The topological polar surface area (TPSA) is 115 Å². The van der Waals surface area contributed by atoms with Crippen LogP contribution in [-0.2, 0) is 28.1 Å². The van der Waals surface area contributed by atoms with Crippen molar-refractivity contribution < 1.29 is 14.1 Å². The van der Waals surface area contributed by atoms with Crippen LogP contribution in [0.4, 0.5) is 0 Å². The van der Waals surface area contributed by atoms with Gasteiger partial charge in [-0.25, -0.2) is 4.68 Å². The first-order valence-corrected chi connectivity index (χ1v) is 11.5. The average molecular weight is 451 g/mol. The van der Waals surface area contributed by atoms with Gasteiger partial charge in [0.15, 0.2) is 5.82 Å². The Labute approximate surface area is 192 Å². The molecule has 0 aliphatic heterocycles. The summed E-state index contributed by atoms with van der Waals surface area (Å²) in [5.41, 5.74) is 1.30. The highest BCUT2D eigenvalue weighted by molar-refractivity contribution is 5.76. The molecule has 2 heterocycles. The first kappa shape index (κ1) is 22.7. The molecule has 1 aromatic carbocycles. The SMILES string of the molecule is CC(=O)NC1(c2noc(CCC(=O)NCc3cnn(-c4ccccc4)c3)n2)CCCCCC1. The van der Waals surface area contributed by atoms with Crippen LogP contribution in [0.3, 0.4) is 0 Å². The predicted molar refractivity (Wildman–Crippen MR) is 121 cm³/mol. The second kappa shape index (κ2) is 10.4. The Morgan fingerprint density at radius 3 is 2.61 bits per heavy atom. The lowest BCUT2D eigenvalue weighted by atomic mass is 9.89. The first-order valence-electron chi connectivity index (χ1n) is 11.5. The molecular formula is C24H30N6O3. The van der Waals surface area contributed by atoms with E-state index in [0.29, 0.717) is 24.7 Å². The molecule has 1 fully saturated rings. The Hall–Kier alpha value is -3.49. The van der Waals surface area contributed by atoms with E-state index in [0.717, 1.165) is 49.8 Å². The zero-order chi connectivity index (χ0) is 23.1. The van der Waals surface area contributed by atoms with Gasteiger partial charge in [-0.05, 0) is 25.0 Å². The largest absolute Gasteiger partial charge is 0.352 e. The van der Waals surface area contributed by atoms with Crippen molar-refractivity contribution in [3.05, 3.63) is 60.0 Å². The summed E-state index contributed by atoms with van der Waals surface area (Å²) in [4.78, 5) is 28.7. The molecule has 2 aromatic heterocycles. The van der Waals surface area contributed by atoms with Gasteiger partial charge in [0, 0.05) is 38.1 Å². The molecular weight excluding hydrogens is 420 g/mol. The number of carbonyl (C=O) groups excluding carboxylic acids is 2. The molecule has 1 aliphatic carbocycles. The van der Waals surface area contributed by atoms with Crippen molar-refractivity contribution in [3.8, 4) is 5.69 Å². The second-order valence-electron chi connectivity index (χ2n) is 8.59. The minimum atomic E-state index is -0.578. The molecule has 3 aromatic rings. The van der Waals surface area contributed by atoms with Gasteiger partial charge in [-0.1, -0.05) is 49.0 Å². The van der Waals surface area contributed by atoms with Gasteiger partial charge in [0.2, 0.25) is 17.7 Å². The van der Waals surface area contributed by atoms with Crippen LogP contribution >= 0.6 is 0 Å². The molecule has 1 saturated carbocycles. The molecule has 0 unspecified atom stereocenters. The lowest BCUT2D eigenvalue weighted by Crippen LogP contribution is -2.45. The van der Waals surface area contributed by atoms with Crippen molar-refractivity contribution in [1.29, 1.82) is 0 Å². The van der Waals surface area contributed by atoms with E-state index in [1.54, 1.807) is 10.9 Å². The summed E-state index contributed by atoms with van der Waals surface area (Å²) in [5, 5.41) is 14.5. The zero-order valence-corrected chi connectivity index (χ0v) is 18.9. The van der Waals surface area contributed by atoms with Crippen molar-refractivity contribution >= 4 is 11.8 Å². The zero-order valence-electron chi connectivity index (χ0n) is 18.9. The second-order valence-corrected chi connectivity index (χ2v) is 8.59. The van der Waals surface area contributed by atoms with Crippen LogP contribution in [0.2, 0.25) is 0 Å². The quantitative estimate of drug-likeness (QED) is 0.509. The third-order valence-electron chi connectivity index (χ3n) is 5.98. The van der Waals surface area contributed by atoms with Gasteiger partial charge in [-0.15, -0.1) is 0 Å². The highest BCUT2D eigenvalue weighted by Crippen LogP contribution is 2.34. The van der Waals surface area contributed by atoms with Gasteiger partial charge in [0.05, 0.1) is 11.9 Å². The number of amides is 2. The summed E-state index contributed by atoms with van der Waals surface area (Å²) >= 11 is 0. The summed E-state index contributed by atoms with van der Waals surface area (Å²) in [6, 6.07) is 9.81. The Morgan fingerprint density at radius 1 is 1.12 bits per heavy atom. The van der Waals surface area contributed by atoms with E-state index in [9.17, 15) is 9.59 Å². The molecule has 4 rings (SSSR count). The molecule has 0 radical (unpaired) electrons. The third-order valence-corrected chi connectivity index (χ3v) is 5.98. The molecule has 0 atom stereocenters. The molecule has 0 spiro atoms. The minimum absolute atomic E-state index is 0.0989. The van der Waals surface area contributed by atoms with Gasteiger partial charge in [-0.2, -0.15) is 10.1 Å². The molecule has 174 valence electrons. The lowest BCUT2D eigenvalue weighted by Gasteiger charge is -2.30. The number of hydrogen-bond donors (Lipinski definition) is 2. The number of para-hydroxylation sites is 1. The van der Waals surface area contributed by atoms with E-state index in [1.165, 1.54) is 6.92 Å². The Balaban J connectivity index is 1.30. The highest BCUT2D eigenvalue weighted by Gasteiger charge is 2.38. The minimum Gasteiger partial charge on any atom is -0.352 e. The van der Waals surface area contributed by atoms with E-state index < -0.39 is 5.54 Å². The van der Waals surface area contributed by atoms with Gasteiger partial charge in [-0.3, -0.25) is 9.59 Å². The molecule has 9 heteroatoms. The van der Waals surface area contributed by atoms with Crippen molar-refractivity contribution in [2.75, 3.05) is 0 Å². The molecule has 0 bridgehead atoms.